The van der Waals surface area contributed by atoms with E-state index in [1.807, 2.05) is 0 Å². The Morgan fingerprint density at radius 3 is 2.76 bits per heavy atom. The van der Waals surface area contributed by atoms with Crippen molar-refractivity contribution in [2.45, 2.75) is 19.4 Å². The Morgan fingerprint density at radius 1 is 1.31 bits per heavy atom. The molecule has 0 radical (unpaired) electrons. The van der Waals surface area contributed by atoms with Crippen LogP contribution < -0.4 is 10.1 Å². The van der Waals surface area contributed by atoms with Crippen LogP contribution in [0.4, 0.5) is 5.69 Å². The second-order valence-corrected chi connectivity index (χ2v) is 10.2. The van der Waals surface area contributed by atoms with Crippen molar-refractivity contribution < 1.29 is 27.5 Å². The van der Waals surface area contributed by atoms with Gasteiger partial charge in [-0.15, -0.1) is 11.3 Å². The molecule has 0 fully saturated rings. The van der Waals surface area contributed by atoms with E-state index in [4.69, 9.17) is 4.74 Å². The molecule has 10 heteroatoms. The van der Waals surface area contributed by atoms with Crippen molar-refractivity contribution in [3.63, 3.8) is 0 Å². The van der Waals surface area contributed by atoms with Crippen LogP contribution in [0.5, 0.6) is 5.75 Å². The predicted octanol–water partition coefficient (Wildman–Crippen LogP) is 2.02. The van der Waals surface area contributed by atoms with Gasteiger partial charge < -0.3 is 10.1 Å². The Balaban J connectivity index is 1.77. The molecule has 1 aromatic heterocycles. The van der Waals surface area contributed by atoms with E-state index in [1.165, 1.54) is 12.3 Å². The first-order chi connectivity index (χ1) is 13.7. The summed E-state index contributed by atoms with van der Waals surface area (Å²) in [5.74, 6) is -1.21. The molecule has 1 atom stereocenters. The number of rotatable bonds is 5. The predicted molar refractivity (Wildman–Crippen MR) is 107 cm³/mol. The number of hydrogen-bond donors (Lipinski definition) is 1. The Bertz CT molecular complexity index is 1150. The van der Waals surface area contributed by atoms with E-state index in [2.05, 4.69) is 5.32 Å². The van der Waals surface area contributed by atoms with Crippen molar-refractivity contribution in [1.29, 1.82) is 0 Å². The lowest BCUT2D eigenvalue weighted by atomic mass is 10.0. The lowest BCUT2D eigenvalue weighted by Gasteiger charge is -2.26. The highest BCUT2D eigenvalue weighted by atomic mass is 32.2. The van der Waals surface area contributed by atoms with Gasteiger partial charge >= 0.3 is 0 Å². The third-order valence-corrected chi connectivity index (χ3v) is 6.71. The molecule has 1 N–H and O–H groups in total. The van der Waals surface area contributed by atoms with Crippen LogP contribution in [0.15, 0.2) is 23.6 Å². The minimum atomic E-state index is -3.51. The monoisotopic (exact) mass is 434 g/mol. The normalized spacial score (nSPS) is 16.4. The average molecular weight is 434 g/mol. The van der Waals surface area contributed by atoms with E-state index < -0.39 is 33.4 Å². The number of carbonyl (C=O) groups excluding carboxylic acids is 3. The van der Waals surface area contributed by atoms with Crippen LogP contribution in [0.2, 0.25) is 0 Å². The van der Waals surface area contributed by atoms with Crippen LogP contribution in [-0.2, 0) is 21.1 Å². The number of imide groups is 1. The first kappa shape index (κ1) is 19.6. The van der Waals surface area contributed by atoms with Crippen molar-refractivity contribution in [2.75, 3.05) is 23.9 Å². The van der Waals surface area contributed by atoms with Gasteiger partial charge in [-0.1, -0.05) is 6.07 Å². The highest BCUT2D eigenvalue weighted by molar-refractivity contribution is 7.90. The van der Waals surface area contributed by atoms with Crippen LogP contribution in [0.1, 0.15) is 44.1 Å². The fourth-order valence-electron chi connectivity index (χ4n) is 3.63. The molecule has 0 bridgehead atoms. The molecule has 3 amide bonds. The maximum Gasteiger partial charge on any atom is 0.272 e. The summed E-state index contributed by atoms with van der Waals surface area (Å²) in [5.41, 5.74) is 1.84. The van der Waals surface area contributed by atoms with Gasteiger partial charge in [0.15, 0.2) is 0 Å². The van der Waals surface area contributed by atoms with Crippen LogP contribution in [-0.4, -0.2) is 49.7 Å². The first-order valence-electron chi connectivity index (χ1n) is 8.86. The van der Waals surface area contributed by atoms with Crippen LogP contribution >= 0.6 is 11.3 Å². The summed E-state index contributed by atoms with van der Waals surface area (Å²) in [5, 5.41) is 4.09. The number of benzene rings is 1. The van der Waals surface area contributed by atoms with Crippen molar-refractivity contribution in [3.05, 3.63) is 45.1 Å². The van der Waals surface area contributed by atoms with Gasteiger partial charge in [-0.2, -0.15) is 0 Å². The van der Waals surface area contributed by atoms with Crippen molar-refractivity contribution >= 4 is 44.6 Å². The minimum absolute atomic E-state index is 0.109. The van der Waals surface area contributed by atoms with Crippen LogP contribution in [0, 0.1) is 0 Å². The molecule has 2 aliphatic heterocycles. The standard InChI is InChI=1S/C19H18N2O6S2/c1-10(22)20-13-8-28-17-16(13)18(23)21(19(17)24)14(9-29(2,25)26)11-3-4-15-12(7-11)5-6-27-15/h3-4,7-8,14H,5-6,9H2,1-2H3,(H,20,22)/t14-/m0/s1. The Morgan fingerprint density at radius 2 is 2.07 bits per heavy atom. The smallest absolute Gasteiger partial charge is 0.272 e. The van der Waals surface area contributed by atoms with E-state index >= 15 is 0 Å². The Kier molecular flexibility index (Phi) is 4.70. The molecule has 4 rings (SSSR count). The molecule has 0 saturated carbocycles. The number of sulfone groups is 1. The molecule has 152 valence electrons. The lowest BCUT2D eigenvalue weighted by Crippen LogP contribution is -2.38. The SMILES string of the molecule is CC(=O)Nc1csc2c1C(=O)N([C@@H](CS(C)(=O)=O)c1ccc3c(c1)CCO3)C2=O. The highest BCUT2D eigenvalue weighted by Crippen LogP contribution is 2.40. The van der Waals surface area contributed by atoms with E-state index in [9.17, 15) is 22.8 Å². The molecule has 3 heterocycles. The molecule has 29 heavy (non-hydrogen) atoms. The summed E-state index contributed by atoms with van der Waals surface area (Å²) >= 11 is 1.05. The van der Waals surface area contributed by atoms with Crippen molar-refractivity contribution in [3.8, 4) is 5.75 Å². The number of hydrogen-bond acceptors (Lipinski definition) is 7. The van der Waals surface area contributed by atoms with E-state index in [0.29, 0.717) is 18.6 Å². The number of nitrogens with zero attached hydrogens (tertiary/aromatic N) is 1. The fourth-order valence-corrected chi connectivity index (χ4v) is 5.48. The summed E-state index contributed by atoms with van der Waals surface area (Å²) in [6.45, 7) is 1.84. The number of ether oxygens (including phenoxy) is 1. The van der Waals surface area contributed by atoms with Gasteiger partial charge in [-0.25, -0.2) is 8.42 Å². The van der Waals surface area contributed by atoms with Crippen molar-refractivity contribution in [1.82, 2.24) is 4.90 Å². The topological polar surface area (TPSA) is 110 Å². The number of anilines is 1. The molecule has 2 aliphatic rings. The van der Waals surface area contributed by atoms with Crippen molar-refractivity contribution in [2.24, 2.45) is 0 Å². The highest BCUT2D eigenvalue weighted by Gasteiger charge is 2.44. The van der Waals surface area contributed by atoms with Gasteiger partial charge in [0.2, 0.25) is 5.91 Å². The molecular formula is C19H18N2O6S2. The zero-order valence-corrected chi connectivity index (χ0v) is 17.4. The molecule has 0 saturated heterocycles. The number of amides is 3. The zero-order chi connectivity index (χ0) is 20.9. The van der Waals surface area contributed by atoms with Gasteiger partial charge in [0.05, 0.1) is 29.7 Å². The Hall–Kier alpha value is -2.72. The molecular weight excluding hydrogens is 416 g/mol. The van der Waals surface area contributed by atoms with Gasteiger partial charge in [0, 0.05) is 25.0 Å². The third-order valence-electron chi connectivity index (χ3n) is 4.82. The van der Waals surface area contributed by atoms with Gasteiger partial charge in [-0.05, 0) is 23.3 Å². The third kappa shape index (κ3) is 3.53. The fraction of sp³-hybridized carbons (Fsp3) is 0.316. The molecule has 1 aromatic carbocycles. The number of fused-ring (bicyclic) bond motifs is 2. The second kappa shape index (κ2) is 6.96. The summed E-state index contributed by atoms with van der Waals surface area (Å²) in [4.78, 5) is 38.8. The summed E-state index contributed by atoms with van der Waals surface area (Å²) in [6.07, 6.45) is 1.75. The second-order valence-electron chi connectivity index (χ2n) is 7.09. The molecule has 0 unspecified atom stereocenters. The molecule has 0 spiro atoms. The average Bonchev–Trinajstić information content (AvgIpc) is 3.30. The number of thiophene rings is 1. The maximum atomic E-state index is 13.1. The van der Waals surface area contributed by atoms with Crippen LogP contribution in [0.3, 0.4) is 0 Å². The number of nitrogens with one attached hydrogen (secondary N) is 1. The quantitative estimate of drug-likeness (QED) is 0.721. The summed E-state index contributed by atoms with van der Waals surface area (Å²) in [6, 6.07) is 4.23. The van der Waals surface area contributed by atoms with Gasteiger partial charge in [0.25, 0.3) is 11.8 Å². The molecule has 0 aliphatic carbocycles. The molecule has 2 aromatic rings. The Labute approximate surface area is 171 Å². The van der Waals surface area contributed by atoms with Gasteiger partial charge in [0.1, 0.15) is 20.5 Å². The van der Waals surface area contributed by atoms with Gasteiger partial charge in [-0.3, -0.25) is 19.3 Å². The summed E-state index contributed by atoms with van der Waals surface area (Å²) < 4.78 is 29.7. The first-order valence-corrected chi connectivity index (χ1v) is 11.8. The van der Waals surface area contributed by atoms with E-state index in [1.54, 1.807) is 18.2 Å². The largest absolute Gasteiger partial charge is 0.493 e. The zero-order valence-electron chi connectivity index (χ0n) is 15.7. The molecule has 8 nitrogen and oxygen atoms in total. The van der Waals surface area contributed by atoms with E-state index in [0.717, 1.165) is 33.8 Å². The summed E-state index contributed by atoms with van der Waals surface area (Å²) in [7, 11) is -3.51. The van der Waals surface area contributed by atoms with E-state index in [-0.39, 0.29) is 22.0 Å². The lowest BCUT2D eigenvalue weighted by molar-refractivity contribution is -0.114. The number of carbonyl (C=O) groups is 3. The minimum Gasteiger partial charge on any atom is -0.493 e. The maximum absolute atomic E-state index is 13.1. The van der Waals surface area contributed by atoms with Crippen LogP contribution in [0.25, 0.3) is 0 Å².